The molecule has 0 saturated heterocycles. The van der Waals surface area contributed by atoms with Gasteiger partial charge in [0.2, 0.25) is 0 Å². The Morgan fingerprint density at radius 2 is 2.41 bits per heavy atom. The van der Waals surface area contributed by atoms with E-state index in [9.17, 15) is 0 Å². The van der Waals surface area contributed by atoms with Gasteiger partial charge < -0.3 is 10.0 Å². The molecule has 0 fully saturated rings. The molecule has 17 heavy (non-hydrogen) atoms. The van der Waals surface area contributed by atoms with E-state index in [-0.39, 0.29) is 0 Å². The van der Waals surface area contributed by atoms with Crippen LogP contribution < -0.4 is 5.73 Å². The van der Waals surface area contributed by atoms with Gasteiger partial charge in [-0.25, -0.2) is 4.98 Å². The van der Waals surface area contributed by atoms with Crippen LogP contribution in [-0.2, 0) is 6.54 Å². The number of nitrogens with zero attached hydrogens (tertiary/aromatic N) is 2. The second-order valence-corrected chi connectivity index (χ2v) is 6.57. The van der Waals surface area contributed by atoms with E-state index in [1.165, 1.54) is 30.6 Å². The summed E-state index contributed by atoms with van der Waals surface area (Å²) in [5, 5.41) is 1.29. The fourth-order valence-electron chi connectivity index (χ4n) is 1.66. The van der Waals surface area contributed by atoms with Crippen molar-refractivity contribution in [1.29, 1.82) is 0 Å². The molecule has 0 bridgehead atoms. The Morgan fingerprint density at radius 3 is 3.18 bits per heavy atom. The number of thiazole rings is 1. The lowest BCUT2D eigenvalue weighted by molar-refractivity contribution is 0.615. The number of fused-ring (bicyclic) bond motifs is 1. The van der Waals surface area contributed by atoms with Crippen molar-refractivity contribution in [2.75, 3.05) is 11.5 Å². The van der Waals surface area contributed by atoms with E-state index in [0.717, 1.165) is 22.9 Å². The third-order valence-corrected chi connectivity index (χ3v) is 4.69. The van der Waals surface area contributed by atoms with Gasteiger partial charge in [0.15, 0.2) is 5.13 Å². The van der Waals surface area contributed by atoms with Crippen LogP contribution >= 0.6 is 34.9 Å². The van der Waals surface area contributed by atoms with Gasteiger partial charge in [0.25, 0.3) is 0 Å². The second kappa shape index (κ2) is 5.98. The molecule has 0 aliphatic carbocycles. The average molecular weight is 290 g/mol. The number of anilines is 1. The molecule has 0 unspecified atom stereocenters. The summed E-state index contributed by atoms with van der Waals surface area (Å²) in [6.45, 7) is 3.08. The maximum atomic E-state index is 6.19. The van der Waals surface area contributed by atoms with Crippen molar-refractivity contribution in [3.05, 3.63) is 16.8 Å². The first-order valence-electron chi connectivity index (χ1n) is 5.73. The van der Waals surface area contributed by atoms with Gasteiger partial charge in [0, 0.05) is 12.0 Å². The number of hydrogen-bond donors (Lipinski definition) is 1. The summed E-state index contributed by atoms with van der Waals surface area (Å²) in [4.78, 5) is 5.40. The van der Waals surface area contributed by atoms with Crippen LogP contribution in [0.3, 0.4) is 0 Å². The summed E-state index contributed by atoms with van der Waals surface area (Å²) in [6, 6.07) is 0. The molecule has 94 valence electrons. The average Bonchev–Trinajstić information content (AvgIpc) is 2.66. The van der Waals surface area contributed by atoms with Crippen LogP contribution in [0.2, 0.25) is 0 Å². The van der Waals surface area contributed by atoms with Gasteiger partial charge in [-0.2, -0.15) is 0 Å². The maximum absolute atomic E-state index is 6.19. The Labute approximate surface area is 115 Å². The smallest absolute Gasteiger partial charge is 0.180 e. The molecule has 0 amide bonds. The van der Waals surface area contributed by atoms with Crippen molar-refractivity contribution in [3.63, 3.8) is 0 Å². The van der Waals surface area contributed by atoms with Gasteiger partial charge in [0.1, 0.15) is 5.69 Å². The summed E-state index contributed by atoms with van der Waals surface area (Å²) in [5.74, 6) is 1.14. The first kappa shape index (κ1) is 13.1. The first-order valence-corrected chi connectivity index (χ1v) is 7.87. The van der Waals surface area contributed by atoms with Crippen molar-refractivity contribution in [2.45, 2.75) is 32.7 Å². The highest BCUT2D eigenvalue weighted by molar-refractivity contribution is 7.97. The minimum Gasteiger partial charge on any atom is -0.375 e. The van der Waals surface area contributed by atoms with Crippen molar-refractivity contribution >= 4 is 45.0 Å². The van der Waals surface area contributed by atoms with Crippen LogP contribution in [0.4, 0.5) is 5.13 Å². The third kappa shape index (κ3) is 3.30. The van der Waals surface area contributed by atoms with E-state index in [4.69, 9.17) is 17.3 Å². The second-order valence-electron chi connectivity index (χ2n) is 3.92. The number of unbranched alkanes of at least 4 members (excludes halogenated alkanes) is 2. The molecule has 2 rings (SSSR count). The van der Waals surface area contributed by atoms with Crippen LogP contribution in [0.1, 0.15) is 36.8 Å². The highest BCUT2D eigenvalue weighted by atomic mass is 35.5. The van der Waals surface area contributed by atoms with E-state index >= 15 is 0 Å². The standard InChI is InChI=1S/C11H16ClN3S2/c1-2-3-4-5-16-15-6-8(12)10-9(7-15)17-11(13)14-10/h6H,2-5,7H2,1H3,(H2,13,14). The van der Waals surface area contributed by atoms with Crippen LogP contribution in [-0.4, -0.2) is 15.0 Å². The predicted octanol–water partition coefficient (Wildman–Crippen LogP) is 3.92. The van der Waals surface area contributed by atoms with Crippen molar-refractivity contribution in [3.8, 4) is 0 Å². The van der Waals surface area contributed by atoms with Crippen LogP contribution in [0.5, 0.6) is 0 Å². The number of nitrogens with two attached hydrogens (primary N) is 1. The van der Waals surface area contributed by atoms with Gasteiger partial charge in [-0.05, 0) is 6.42 Å². The number of nitrogen functional groups attached to an aromatic ring is 1. The van der Waals surface area contributed by atoms with Gasteiger partial charge in [0.05, 0.1) is 16.5 Å². The lowest BCUT2D eigenvalue weighted by atomic mass is 10.3. The quantitative estimate of drug-likeness (QED) is 0.659. The Bertz CT molecular complexity index is 417. The number of hydrogen-bond acceptors (Lipinski definition) is 5. The highest BCUT2D eigenvalue weighted by Crippen LogP contribution is 2.36. The topological polar surface area (TPSA) is 42.2 Å². The molecule has 3 nitrogen and oxygen atoms in total. The molecule has 2 heterocycles. The Balaban J connectivity index is 1.93. The number of rotatable bonds is 5. The van der Waals surface area contributed by atoms with E-state index in [2.05, 4.69) is 16.2 Å². The van der Waals surface area contributed by atoms with Gasteiger partial charge in [-0.3, -0.25) is 0 Å². The minimum atomic E-state index is 0.597. The molecule has 0 saturated carbocycles. The minimum absolute atomic E-state index is 0.597. The summed E-state index contributed by atoms with van der Waals surface area (Å²) in [6.07, 6.45) is 5.75. The predicted molar refractivity (Wildman–Crippen MR) is 77.9 cm³/mol. The molecular weight excluding hydrogens is 274 g/mol. The molecule has 6 heteroatoms. The molecule has 2 N–H and O–H groups in total. The zero-order chi connectivity index (χ0) is 12.3. The molecule has 0 atom stereocenters. The molecule has 1 aromatic heterocycles. The molecule has 1 aromatic rings. The lowest BCUT2D eigenvalue weighted by Crippen LogP contribution is -2.13. The van der Waals surface area contributed by atoms with E-state index < -0.39 is 0 Å². The van der Waals surface area contributed by atoms with Crippen LogP contribution in [0.25, 0.3) is 5.03 Å². The van der Waals surface area contributed by atoms with Gasteiger partial charge in [-0.15, -0.1) is 0 Å². The van der Waals surface area contributed by atoms with E-state index in [1.807, 2.05) is 18.1 Å². The normalized spacial score (nSPS) is 14.7. The fourth-order valence-corrected chi connectivity index (χ4v) is 3.94. The zero-order valence-electron chi connectivity index (χ0n) is 9.78. The molecule has 1 aliphatic heterocycles. The summed E-state index contributed by atoms with van der Waals surface area (Å²) in [7, 11) is 0. The first-order chi connectivity index (χ1) is 8.20. The van der Waals surface area contributed by atoms with E-state index in [0.29, 0.717) is 10.2 Å². The summed E-state index contributed by atoms with van der Waals surface area (Å²) < 4.78 is 2.18. The third-order valence-electron chi connectivity index (χ3n) is 2.50. The number of halogens is 1. The van der Waals surface area contributed by atoms with Crippen molar-refractivity contribution < 1.29 is 0 Å². The highest BCUT2D eigenvalue weighted by Gasteiger charge is 2.20. The van der Waals surface area contributed by atoms with Crippen molar-refractivity contribution in [1.82, 2.24) is 9.29 Å². The largest absolute Gasteiger partial charge is 0.375 e. The molecule has 0 radical (unpaired) electrons. The Kier molecular flexibility index (Phi) is 4.59. The molecule has 1 aliphatic rings. The zero-order valence-corrected chi connectivity index (χ0v) is 12.2. The monoisotopic (exact) mass is 289 g/mol. The summed E-state index contributed by atoms with van der Waals surface area (Å²) >= 11 is 9.54. The van der Waals surface area contributed by atoms with Gasteiger partial charge in [-0.1, -0.05) is 54.7 Å². The van der Waals surface area contributed by atoms with Crippen molar-refractivity contribution in [2.24, 2.45) is 0 Å². The Morgan fingerprint density at radius 1 is 1.59 bits per heavy atom. The summed E-state index contributed by atoms with van der Waals surface area (Å²) in [5.41, 5.74) is 6.56. The van der Waals surface area contributed by atoms with E-state index in [1.54, 1.807) is 0 Å². The fraction of sp³-hybridized carbons (Fsp3) is 0.545. The SMILES string of the molecule is CCCCCSN1C=C(Cl)c2nc(N)sc2C1. The molecular formula is C11H16ClN3S2. The number of aromatic nitrogens is 1. The van der Waals surface area contributed by atoms with Crippen LogP contribution in [0, 0.1) is 0 Å². The molecule has 0 aromatic carbocycles. The van der Waals surface area contributed by atoms with Gasteiger partial charge >= 0.3 is 0 Å². The molecule has 0 spiro atoms. The van der Waals surface area contributed by atoms with Crippen LogP contribution in [0.15, 0.2) is 6.20 Å². The maximum Gasteiger partial charge on any atom is 0.180 e. The Hall–Kier alpha value is -0.390. The lowest BCUT2D eigenvalue weighted by Gasteiger charge is -2.22.